The van der Waals surface area contributed by atoms with Gasteiger partial charge in [-0.2, -0.15) is 12.1 Å². The van der Waals surface area contributed by atoms with Crippen LogP contribution in [0.3, 0.4) is 0 Å². The largest absolute Gasteiger partial charge is 4.00 e. The van der Waals surface area contributed by atoms with Crippen molar-refractivity contribution < 1.29 is 21.7 Å². The van der Waals surface area contributed by atoms with Gasteiger partial charge in [0.2, 0.25) is 0 Å². The van der Waals surface area contributed by atoms with E-state index in [2.05, 4.69) is 147 Å². The summed E-state index contributed by atoms with van der Waals surface area (Å²) in [5.74, 6) is 0. The van der Waals surface area contributed by atoms with E-state index in [0.717, 1.165) is 9.52 Å². The van der Waals surface area contributed by atoms with Gasteiger partial charge < -0.3 is 14.9 Å². The maximum atomic E-state index is 2.20. The maximum Gasteiger partial charge on any atom is 4.00 e. The van der Waals surface area contributed by atoms with Gasteiger partial charge in [-0.05, 0) is 0 Å². The van der Waals surface area contributed by atoms with Crippen molar-refractivity contribution in [3.63, 3.8) is 0 Å². The third-order valence-electron chi connectivity index (χ3n) is 5.36. The van der Waals surface area contributed by atoms with E-state index < -0.39 is 0 Å². The van der Waals surface area contributed by atoms with Gasteiger partial charge in [-0.1, -0.05) is 97.0 Å². The molecule has 0 unspecified atom stereocenters. The Morgan fingerprint density at radius 1 is 0.472 bits per heavy atom. The Bertz CT molecular complexity index is 1220. The molecule has 0 aliphatic carbocycles. The van der Waals surface area contributed by atoms with Gasteiger partial charge in [-0.25, -0.2) is 0 Å². The van der Waals surface area contributed by atoms with Crippen LogP contribution in [0.25, 0.3) is 21.5 Å². The minimum Gasteiger partial charge on any atom is -0.358 e. The smallest absolute Gasteiger partial charge is 0.358 e. The van der Waals surface area contributed by atoms with E-state index in [4.69, 9.17) is 0 Å². The average molecular weight is 519 g/mol. The molecule has 0 spiro atoms. The van der Waals surface area contributed by atoms with Gasteiger partial charge >= 0.3 is 21.7 Å². The van der Waals surface area contributed by atoms with Gasteiger partial charge in [-0.3, -0.25) is 0 Å². The molecule has 0 bridgehead atoms. The Hall–Kier alpha value is -2.97. The standard InChI is InChI=1S/C12H10Si.2C10H9.2CH3.Ti/c1-3-7-11(8-4-1)13-12-9-5-2-6-10-12;2*1-8-6-9-4-2-3-5-10(9)7-8;;;/h1-10H;2*2-7H,1H3;2*1H3;/q;4*-1;+4. The van der Waals surface area contributed by atoms with Gasteiger partial charge in [0.1, 0.15) is 9.52 Å². The van der Waals surface area contributed by atoms with E-state index >= 15 is 0 Å². The van der Waals surface area contributed by atoms with E-state index in [-0.39, 0.29) is 36.6 Å². The summed E-state index contributed by atoms with van der Waals surface area (Å²) in [6.45, 7) is 4.25. The zero-order valence-electron chi connectivity index (χ0n) is 21.7. The first-order valence-electron chi connectivity index (χ1n) is 11.3. The molecule has 0 atom stereocenters. The normalized spacial score (nSPS) is 9.39. The third kappa shape index (κ3) is 9.24. The monoisotopic (exact) mass is 518 g/mol. The topological polar surface area (TPSA) is 0 Å². The number of hydrogen-bond acceptors (Lipinski definition) is 0. The summed E-state index contributed by atoms with van der Waals surface area (Å²) in [7, 11) is 0.777. The fourth-order valence-corrected chi connectivity index (χ4v) is 4.87. The Kier molecular flexibility index (Phi) is 13.7. The average Bonchev–Trinajstić information content (AvgIpc) is 3.41. The Morgan fingerprint density at radius 3 is 1.17 bits per heavy atom. The Labute approximate surface area is 235 Å². The van der Waals surface area contributed by atoms with Crippen LogP contribution in [0.5, 0.6) is 0 Å². The van der Waals surface area contributed by atoms with Gasteiger partial charge in [0, 0.05) is 0 Å². The second kappa shape index (κ2) is 15.9. The number of aryl methyl sites for hydroxylation is 2. The molecule has 6 aromatic carbocycles. The Balaban J connectivity index is 0.000000262. The van der Waals surface area contributed by atoms with Crippen molar-refractivity contribution >= 4 is 41.4 Å². The van der Waals surface area contributed by atoms with Crippen LogP contribution in [-0.2, 0) is 21.7 Å². The molecule has 0 aliphatic heterocycles. The second-order valence-electron chi connectivity index (χ2n) is 8.18. The van der Waals surface area contributed by atoms with Crippen molar-refractivity contribution in [2.24, 2.45) is 0 Å². The molecule has 0 aliphatic rings. The van der Waals surface area contributed by atoms with E-state index in [9.17, 15) is 0 Å². The van der Waals surface area contributed by atoms with E-state index in [0.29, 0.717) is 0 Å². The fraction of sp³-hybridized carbons (Fsp3) is 0.0588. The van der Waals surface area contributed by atoms with Crippen molar-refractivity contribution in [2.75, 3.05) is 0 Å². The molecule has 6 rings (SSSR count). The molecule has 6 aromatic rings. The first-order valence-corrected chi connectivity index (χ1v) is 12.3. The molecule has 0 aromatic heterocycles. The molecular formula is C34H34SiTi. The van der Waals surface area contributed by atoms with Crippen LogP contribution < -0.4 is 10.4 Å². The maximum absolute atomic E-state index is 2.20. The number of fused-ring (bicyclic) bond motifs is 2. The van der Waals surface area contributed by atoms with Gasteiger partial charge in [0.25, 0.3) is 0 Å². The zero-order valence-corrected chi connectivity index (χ0v) is 24.3. The van der Waals surface area contributed by atoms with Crippen molar-refractivity contribution in [2.45, 2.75) is 13.8 Å². The molecule has 0 nitrogen and oxygen atoms in total. The van der Waals surface area contributed by atoms with Crippen molar-refractivity contribution in [1.29, 1.82) is 0 Å². The Morgan fingerprint density at radius 2 is 0.806 bits per heavy atom. The fourth-order valence-electron chi connectivity index (χ4n) is 3.82. The van der Waals surface area contributed by atoms with Crippen LogP contribution in [-0.4, -0.2) is 9.52 Å². The van der Waals surface area contributed by atoms with Crippen LogP contribution in [0, 0.1) is 28.7 Å². The molecule has 0 fully saturated rings. The number of rotatable bonds is 2. The summed E-state index contributed by atoms with van der Waals surface area (Å²) < 4.78 is 0. The number of hydrogen-bond donors (Lipinski definition) is 0. The van der Waals surface area contributed by atoms with Gasteiger partial charge in [0.05, 0.1) is 0 Å². The molecule has 0 heterocycles. The van der Waals surface area contributed by atoms with Crippen LogP contribution in [0.1, 0.15) is 11.1 Å². The van der Waals surface area contributed by atoms with Crippen LogP contribution in [0.4, 0.5) is 0 Å². The summed E-state index contributed by atoms with van der Waals surface area (Å²) in [6, 6.07) is 46.8. The molecule has 0 saturated heterocycles. The zero-order chi connectivity index (χ0) is 22.9. The summed E-state index contributed by atoms with van der Waals surface area (Å²) >= 11 is 0. The van der Waals surface area contributed by atoms with Crippen LogP contribution in [0.2, 0.25) is 0 Å². The van der Waals surface area contributed by atoms with Gasteiger partial charge in [-0.15, -0.1) is 81.2 Å². The molecule has 178 valence electrons. The predicted octanol–water partition coefficient (Wildman–Crippen LogP) is 7.97. The SMILES string of the molecule is Cc1cc2ccccc2[cH-]1.Cc1cc2ccccc2[cH-]1.[CH3-].[CH3-].[Ti+4].c1ccc([Si]c2ccccc2)cc1. The summed E-state index contributed by atoms with van der Waals surface area (Å²) in [5.41, 5.74) is 2.70. The molecule has 0 N–H and O–H groups in total. The first-order chi connectivity index (χ1) is 16.2. The van der Waals surface area contributed by atoms with Crippen LogP contribution >= 0.6 is 0 Å². The van der Waals surface area contributed by atoms with Crippen molar-refractivity contribution in [3.05, 3.63) is 159 Å². The second-order valence-corrected chi connectivity index (χ2v) is 9.58. The van der Waals surface area contributed by atoms with Gasteiger partial charge in [0.15, 0.2) is 0 Å². The minimum atomic E-state index is 0. The molecule has 0 saturated carbocycles. The number of benzene rings is 4. The van der Waals surface area contributed by atoms with Crippen LogP contribution in [0.15, 0.2) is 133 Å². The van der Waals surface area contributed by atoms with Crippen molar-refractivity contribution in [1.82, 2.24) is 0 Å². The molecule has 2 radical (unpaired) electrons. The quantitative estimate of drug-likeness (QED) is 0.161. The predicted molar refractivity (Wildman–Crippen MR) is 159 cm³/mol. The van der Waals surface area contributed by atoms with Crippen molar-refractivity contribution in [3.8, 4) is 0 Å². The molecular weight excluding hydrogens is 484 g/mol. The summed E-state index contributed by atoms with van der Waals surface area (Å²) in [6.07, 6.45) is 0. The molecule has 0 amide bonds. The summed E-state index contributed by atoms with van der Waals surface area (Å²) in [4.78, 5) is 0. The van der Waals surface area contributed by atoms with E-state index in [1.54, 1.807) is 0 Å². The minimum absolute atomic E-state index is 0. The molecule has 2 heteroatoms. The van der Waals surface area contributed by atoms with E-state index in [1.807, 2.05) is 0 Å². The van der Waals surface area contributed by atoms with E-state index in [1.165, 1.54) is 43.0 Å². The third-order valence-corrected chi connectivity index (χ3v) is 6.60. The first kappa shape index (κ1) is 31.1. The molecule has 36 heavy (non-hydrogen) atoms. The summed E-state index contributed by atoms with van der Waals surface area (Å²) in [5, 5.41) is 8.18.